The van der Waals surface area contributed by atoms with Gasteiger partial charge in [-0.05, 0) is 31.2 Å². The average Bonchev–Trinajstić information content (AvgIpc) is 2.56. The molecule has 2 rings (SSSR count). The Labute approximate surface area is 92.5 Å². The van der Waals surface area contributed by atoms with E-state index in [1.165, 1.54) is 6.07 Å². The number of nitrogens with two attached hydrogens (primary N) is 1. The second-order valence-electron chi connectivity index (χ2n) is 4.73. The van der Waals surface area contributed by atoms with Crippen molar-refractivity contribution < 1.29 is 13.2 Å². The molecule has 0 radical (unpaired) electrons. The van der Waals surface area contributed by atoms with Crippen molar-refractivity contribution >= 4 is 0 Å². The summed E-state index contributed by atoms with van der Waals surface area (Å²) in [5, 5.41) is 0. The van der Waals surface area contributed by atoms with Crippen molar-refractivity contribution in [1.82, 2.24) is 0 Å². The largest absolute Gasteiger partial charge is 0.321 e. The summed E-state index contributed by atoms with van der Waals surface area (Å²) in [4.78, 5) is 0. The minimum absolute atomic E-state index is 0.0933. The highest BCUT2D eigenvalue weighted by molar-refractivity contribution is 5.28. The molecule has 0 heterocycles. The molecule has 0 aliphatic heterocycles. The van der Waals surface area contributed by atoms with Gasteiger partial charge in [0.1, 0.15) is 0 Å². The maximum absolute atomic E-state index is 13.6. The predicted molar refractivity (Wildman–Crippen MR) is 55.2 cm³/mol. The minimum atomic E-state index is -1.43. The van der Waals surface area contributed by atoms with Gasteiger partial charge in [0.25, 0.3) is 0 Å². The molecule has 0 aromatic heterocycles. The van der Waals surface area contributed by atoms with Crippen LogP contribution in [0.25, 0.3) is 0 Å². The van der Waals surface area contributed by atoms with Crippen LogP contribution in [0, 0.1) is 23.4 Å². The Kier molecular flexibility index (Phi) is 2.70. The van der Waals surface area contributed by atoms with Gasteiger partial charge in [0.15, 0.2) is 17.5 Å². The van der Waals surface area contributed by atoms with Crippen LogP contribution < -0.4 is 5.73 Å². The monoisotopic (exact) mass is 229 g/mol. The lowest BCUT2D eigenvalue weighted by molar-refractivity contribution is 0.386. The molecule has 2 atom stereocenters. The Hall–Kier alpha value is -1.03. The molecule has 16 heavy (non-hydrogen) atoms. The fraction of sp³-hybridized carbons (Fsp3) is 0.500. The van der Waals surface area contributed by atoms with Crippen LogP contribution in [0.1, 0.15) is 31.7 Å². The topological polar surface area (TPSA) is 26.0 Å². The Bertz CT molecular complexity index is 419. The van der Waals surface area contributed by atoms with E-state index >= 15 is 0 Å². The Balaban J connectivity index is 2.45. The predicted octanol–water partition coefficient (Wildman–Crippen LogP) is 3.08. The van der Waals surface area contributed by atoms with Crippen molar-refractivity contribution in [3.8, 4) is 0 Å². The smallest absolute Gasteiger partial charge is 0.194 e. The Morgan fingerprint density at radius 2 is 1.94 bits per heavy atom. The number of hydrogen-bond acceptors (Lipinski definition) is 1. The summed E-state index contributed by atoms with van der Waals surface area (Å²) in [6.07, 6.45) is 2.10. The van der Waals surface area contributed by atoms with Gasteiger partial charge in [-0.3, -0.25) is 0 Å². The molecule has 88 valence electrons. The fourth-order valence-corrected chi connectivity index (χ4v) is 2.48. The van der Waals surface area contributed by atoms with Crippen molar-refractivity contribution in [2.24, 2.45) is 11.7 Å². The molecule has 1 fully saturated rings. The average molecular weight is 229 g/mol. The minimum Gasteiger partial charge on any atom is -0.321 e. The van der Waals surface area contributed by atoms with Gasteiger partial charge in [0, 0.05) is 11.1 Å². The maximum Gasteiger partial charge on any atom is 0.194 e. The molecule has 1 nitrogen and oxygen atoms in total. The third-order valence-corrected chi connectivity index (χ3v) is 3.37. The first kappa shape index (κ1) is 11.5. The molecule has 1 aliphatic rings. The highest BCUT2D eigenvalue weighted by Crippen LogP contribution is 2.41. The second-order valence-corrected chi connectivity index (χ2v) is 4.73. The lowest BCUT2D eigenvalue weighted by atomic mass is 9.88. The van der Waals surface area contributed by atoms with E-state index in [2.05, 4.69) is 0 Å². The van der Waals surface area contributed by atoms with Crippen LogP contribution in [0.4, 0.5) is 13.2 Å². The van der Waals surface area contributed by atoms with E-state index in [1.807, 2.05) is 6.92 Å². The Morgan fingerprint density at radius 1 is 1.25 bits per heavy atom. The Morgan fingerprint density at radius 3 is 2.50 bits per heavy atom. The zero-order valence-electron chi connectivity index (χ0n) is 9.06. The number of halogens is 3. The molecule has 0 amide bonds. The second kappa shape index (κ2) is 3.77. The number of hydrogen-bond donors (Lipinski definition) is 1. The SMILES string of the molecule is CC1CCC(N)(c2ccc(F)c(F)c2F)C1. The van der Waals surface area contributed by atoms with E-state index in [1.54, 1.807) is 0 Å². The van der Waals surface area contributed by atoms with E-state index in [0.29, 0.717) is 18.8 Å². The first-order chi connectivity index (χ1) is 7.44. The molecule has 0 bridgehead atoms. The molecule has 4 heteroatoms. The normalized spacial score (nSPS) is 29.7. The highest BCUT2D eigenvalue weighted by atomic mass is 19.2. The summed E-state index contributed by atoms with van der Waals surface area (Å²) >= 11 is 0. The highest BCUT2D eigenvalue weighted by Gasteiger charge is 2.38. The zero-order valence-corrected chi connectivity index (χ0v) is 9.06. The molecule has 0 saturated heterocycles. The van der Waals surface area contributed by atoms with E-state index in [0.717, 1.165) is 12.5 Å². The van der Waals surface area contributed by atoms with Crippen molar-refractivity contribution in [1.29, 1.82) is 0 Å². The van der Waals surface area contributed by atoms with Crippen molar-refractivity contribution in [3.05, 3.63) is 35.1 Å². The molecule has 1 saturated carbocycles. The van der Waals surface area contributed by atoms with Gasteiger partial charge in [-0.1, -0.05) is 13.0 Å². The van der Waals surface area contributed by atoms with E-state index in [-0.39, 0.29) is 5.56 Å². The van der Waals surface area contributed by atoms with Gasteiger partial charge >= 0.3 is 0 Å². The van der Waals surface area contributed by atoms with Gasteiger partial charge < -0.3 is 5.73 Å². The van der Waals surface area contributed by atoms with E-state index in [4.69, 9.17) is 5.73 Å². The van der Waals surface area contributed by atoms with Gasteiger partial charge in [-0.2, -0.15) is 0 Å². The lowest BCUT2D eigenvalue weighted by Crippen LogP contribution is -2.35. The summed E-state index contributed by atoms with van der Waals surface area (Å²) in [5.41, 5.74) is 5.31. The van der Waals surface area contributed by atoms with Gasteiger partial charge in [-0.15, -0.1) is 0 Å². The van der Waals surface area contributed by atoms with Crippen LogP contribution in [-0.2, 0) is 5.54 Å². The van der Waals surface area contributed by atoms with Crippen LogP contribution in [-0.4, -0.2) is 0 Å². The molecule has 2 N–H and O–H groups in total. The van der Waals surface area contributed by atoms with Crippen LogP contribution in [0.5, 0.6) is 0 Å². The summed E-state index contributed by atoms with van der Waals surface area (Å²) in [6, 6.07) is 2.19. The maximum atomic E-state index is 13.6. The third kappa shape index (κ3) is 1.71. The lowest BCUT2D eigenvalue weighted by Gasteiger charge is -2.25. The summed E-state index contributed by atoms with van der Waals surface area (Å²) in [6.45, 7) is 2.02. The molecule has 2 unspecified atom stereocenters. The number of benzene rings is 1. The van der Waals surface area contributed by atoms with Gasteiger partial charge in [0.05, 0.1) is 0 Å². The van der Waals surface area contributed by atoms with Crippen molar-refractivity contribution in [3.63, 3.8) is 0 Å². The number of rotatable bonds is 1. The summed E-state index contributed by atoms with van der Waals surface area (Å²) in [5.74, 6) is -3.35. The summed E-state index contributed by atoms with van der Waals surface area (Å²) < 4.78 is 39.5. The quantitative estimate of drug-likeness (QED) is 0.736. The van der Waals surface area contributed by atoms with Crippen LogP contribution in [0.15, 0.2) is 12.1 Å². The third-order valence-electron chi connectivity index (χ3n) is 3.37. The first-order valence-electron chi connectivity index (χ1n) is 5.37. The van der Waals surface area contributed by atoms with Crippen LogP contribution in [0.3, 0.4) is 0 Å². The van der Waals surface area contributed by atoms with Crippen molar-refractivity contribution in [2.45, 2.75) is 31.7 Å². The molecule has 0 spiro atoms. The first-order valence-corrected chi connectivity index (χ1v) is 5.37. The van der Waals surface area contributed by atoms with Gasteiger partial charge in [0.2, 0.25) is 0 Å². The van der Waals surface area contributed by atoms with E-state index < -0.39 is 23.0 Å². The fourth-order valence-electron chi connectivity index (χ4n) is 2.48. The van der Waals surface area contributed by atoms with Crippen molar-refractivity contribution in [2.75, 3.05) is 0 Å². The van der Waals surface area contributed by atoms with Crippen LogP contribution in [0.2, 0.25) is 0 Å². The van der Waals surface area contributed by atoms with E-state index in [9.17, 15) is 13.2 Å². The van der Waals surface area contributed by atoms with Crippen LogP contribution >= 0.6 is 0 Å². The summed E-state index contributed by atoms with van der Waals surface area (Å²) in [7, 11) is 0. The zero-order chi connectivity index (χ0) is 11.9. The molecule has 1 aliphatic carbocycles. The standard InChI is InChI=1S/C12H14F3N/c1-7-4-5-12(16,6-7)8-2-3-9(13)11(15)10(8)14/h2-3,7H,4-6,16H2,1H3. The molecule has 1 aromatic carbocycles. The van der Waals surface area contributed by atoms with Gasteiger partial charge in [-0.25, -0.2) is 13.2 Å². The molecular formula is C12H14F3N. The molecular weight excluding hydrogens is 215 g/mol. The molecule has 1 aromatic rings.